The van der Waals surface area contributed by atoms with E-state index in [-0.39, 0.29) is 32.0 Å². The Hall–Kier alpha value is -2.29. The molecule has 0 aromatic rings. The SMILES string of the molecule is CC/C=C\C/C=C\C/C=C\C/C=C\C/C=C\CCCCCCCCCCCCCCCC(=O)OC(COC(=O)CCCCCCCC)COP(=O)(O)OCC[N+](C)(C)C. The van der Waals surface area contributed by atoms with Crippen molar-refractivity contribution in [3.63, 3.8) is 0 Å². The molecule has 2 unspecified atom stereocenters. The average Bonchev–Trinajstić information content (AvgIpc) is 3.19. The molecule has 0 aromatic carbocycles. The molecule has 0 aliphatic heterocycles. The van der Waals surface area contributed by atoms with Crippen LogP contribution in [0, 0.1) is 0 Å². The van der Waals surface area contributed by atoms with Gasteiger partial charge in [-0.1, -0.05) is 177 Å². The first-order chi connectivity index (χ1) is 28.5. The maximum atomic E-state index is 12.7. The highest BCUT2D eigenvalue weighted by atomic mass is 31.2. The molecule has 0 aliphatic carbocycles. The lowest BCUT2D eigenvalue weighted by Gasteiger charge is -2.24. The van der Waals surface area contributed by atoms with Crippen molar-refractivity contribution in [1.82, 2.24) is 0 Å². The van der Waals surface area contributed by atoms with Crippen LogP contribution in [0.15, 0.2) is 60.8 Å². The summed E-state index contributed by atoms with van der Waals surface area (Å²) >= 11 is 0. The highest BCUT2D eigenvalue weighted by Gasteiger charge is 2.27. The number of ether oxygens (including phenoxy) is 2. The second-order valence-electron chi connectivity index (χ2n) is 16.8. The van der Waals surface area contributed by atoms with Crippen LogP contribution < -0.4 is 0 Å². The summed E-state index contributed by atoms with van der Waals surface area (Å²) in [6.07, 6.45) is 50.3. The van der Waals surface area contributed by atoms with Crippen molar-refractivity contribution in [2.75, 3.05) is 47.5 Å². The van der Waals surface area contributed by atoms with Crippen LogP contribution in [0.3, 0.4) is 0 Å². The standard InChI is InChI=1S/C49H88NO8P/c1-6-8-10-12-14-15-16-17-18-19-20-21-22-23-24-25-26-27-28-29-30-31-32-33-34-35-36-38-40-42-49(52)58-47(45-55-48(51)41-39-37-13-11-9-7-2)46-57-59(53,54)56-44-43-50(3,4)5/h8,10,14-15,17-18,20-21,23-24,47H,6-7,9,11-13,16,19,22,25-46H2,1-5H3/p+1/b10-8-,15-14-,18-17-,21-20-,24-23-. The van der Waals surface area contributed by atoms with E-state index >= 15 is 0 Å². The molecule has 10 heteroatoms. The number of phosphoric acid groups is 1. The van der Waals surface area contributed by atoms with E-state index in [0.29, 0.717) is 17.4 Å². The molecule has 0 bridgehead atoms. The maximum Gasteiger partial charge on any atom is 0.472 e. The summed E-state index contributed by atoms with van der Waals surface area (Å²) in [5, 5.41) is 0. The van der Waals surface area contributed by atoms with E-state index in [1.54, 1.807) is 0 Å². The second-order valence-corrected chi connectivity index (χ2v) is 18.2. The van der Waals surface area contributed by atoms with Gasteiger partial charge in [-0.05, 0) is 57.8 Å². The van der Waals surface area contributed by atoms with E-state index in [4.69, 9.17) is 18.5 Å². The Kier molecular flexibility index (Phi) is 39.5. The predicted molar refractivity (Wildman–Crippen MR) is 247 cm³/mol. The minimum absolute atomic E-state index is 0.0306. The van der Waals surface area contributed by atoms with Gasteiger partial charge in [-0.2, -0.15) is 0 Å². The Balaban J connectivity index is 4.03. The Bertz CT molecular complexity index is 1190. The molecular formula is C49H89NO8P+. The first-order valence-corrected chi connectivity index (χ1v) is 25.0. The molecule has 0 heterocycles. The summed E-state index contributed by atoms with van der Waals surface area (Å²) in [5.41, 5.74) is 0. The van der Waals surface area contributed by atoms with Crippen molar-refractivity contribution in [3.05, 3.63) is 60.8 Å². The van der Waals surface area contributed by atoms with Crippen LogP contribution in [0.4, 0.5) is 0 Å². The lowest BCUT2D eigenvalue weighted by atomic mass is 10.0. The van der Waals surface area contributed by atoms with Crippen LogP contribution in [-0.4, -0.2) is 74.9 Å². The number of phosphoric ester groups is 1. The van der Waals surface area contributed by atoms with Gasteiger partial charge in [0.25, 0.3) is 0 Å². The summed E-state index contributed by atoms with van der Waals surface area (Å²) in [6.45, 7) is 4.23. The monoisotopic (exact) mass is 851 g/mol. The number of rotatable bonds is 42. The molecule has 0 spiro atoms. The average molecular weight is 851 g/mol. The fourth-order valence-electron chi connectivity index (χ4n) is 6.16. The number of hydrogen-bond acceptors (Lipinski definition) is 7. The first-order valence-electron chi connectivity index (χ1n) is 23.5. The van der Waals surface area contributed by atoms with Crippen LogP contribution in [0.25, 0.3) is 0 Å². The minimum atomic E-state index is -4.37. The summed E-state index contributed by atoms with van der Waals surface area (Å²) < 4.78 is 34.2. The quantitative estimate of drug-likeness (QED) is 0.0213. The lowest BCUT2D eigenvalue weighted by Crippen LogP contribution is -2.37. The molecular weight excluding hydrogens is 762 g/mol. The Labute approximate surface area is 362 Å². The van der Waals surface area contributed by atoms with Crippen LogP contribution >= 0.6 is 7.82 Å². The topological polar surface area (TPSA) is 108 Å². The number of allylic oxidation sites excluding steroid dienone is 10. The van der Waals surface area contributed by atoms with Crippen LogP contribution in [0.2, 0.25) is 0 Å². The third-order valence-corrected chi connectivity index (χ3v) is 10.8. The Morgan fingerprint density at radius 2 is 0.966 bits per heavy atom. The van der Waals surface area contributed by atoms with E-state index < -0.39 is 26.5 Å². The highest BCUT2D eigenvalue weighted by molar-refractivity contribution is 7.47. The predicted octanol–water partition coefficient (Wildman–Crippen LogP) is 13.6. The zero-order valence-electron chi connectivity index (χ0n) is 38.5. The Morgan fingerprint density at radius 1 is 0.542 bits per heavy atom. The van der Waals surface area contributed by atoms with E-state index in [2.05, 4.69) is 74.6 Å². The largest absolute Gasteiger partial charge is 0.472 e. The van der Waals surface area contributed by atoms with Crippen molar-refractivity contribution in [3.8, 4) is 0 Å². The van der Waals surface area contributed by atoms with Crippen molar-refractivity contribution in [1.29, 1.82) is 0 Å². The number of carbonyl (C=O) groups is 2. The first kappa shape index (κ1) is 56.7. The molecule has 342 valence electrons. The van der Waals surface area contributed by atoms with Crippen molar-refractivity contribution in [2.45, 2.75) is 193 Å². The summed E-state index contributed by atoms with van der Waals surface area (Å²) in [7, 11) is 1.47. The number of hydrogen-bond donors (Lipinski definition) is 1. The molecule has 9 nitrogen and oxygen atoms in total. The van der Waals surface area contributed by atoms with E-state index in [9.17, 15) is 19.0 Å². The maximum absolute atomic E-state index is 12.7. The number of quaternary nitrogens is 1. The van der Waals surface area contributed by atoms with Crippen molar-refractivity contribution in [2.24, 2.45) is 0 Å². The lowest BCUT2D eigenvalue weighted by molar-refractivity contribution is -0.870. The van der Waals surface area contributed by atoms with Gasteiger partial charge in [0, 0.05) is 12.8 Å². The number of nitrogens with zero attached hydrogens (tertiary/aromatic N) is 1. The molecule has 1 N–H and O–H groups in total. The van der Waals surface area contributed by atoms with Crippen molar-refractivity contribution < 1.29 is 42.1 Å². The zero-order valence-corrected chi connectivity index (χ0v) is 39.4. The number of carbonyl (C=O) groups excluding carboxylic acids is 2. The van der Waals surface area contributed by atoms with Gasteiger partial charge in [0.05, 0.1) is 27.7 Å². The smallest absolute Gasteiger partial charge is 0.462 e. The number of esters is 2. The zero-order chi connectivity index (χ0) is 43.6. The van der Waals surface area contributed by atoms with E-state index in [1.807, 2.05) is 21.1 Å². The molecule has 0 saturated carbocycles. The van der Waals surface area contributed by atoms with E-state index in [0.717, 1.165) is 77.0 Å². The number of unbranched alkanes of at least 4 members (excludes halogenated alkanes) is 18. The van der Waals surface area contributed by atoms with E-state index in [1.165, 1.54) is 77.0 Å². The molecule has 0 saturated heterocycles. The van der Waals surface area contributed by atoms with Gasteiger partial charge in [0.15, 0.2) is 6.10 Å². The molecule has 0 amide bonds. The van der Waals surface area contributed by atoms with Gasteiger partial charge < -0.3 is 18.9 Å². The van der Waals surface area contributed by atoms with Gasteiger partial charge in [0.1, 0.15) is 19.8 Å². The molecule has 0 fully saturated rings. The molecule has 0 rings (SSSR count). The molecule has 59 heavy (non-hydrogen) atoms. The number of likely N-dealkylation sites (N-methyl/N-ethyl adjacent to an activating group) is 1. The molecule has 0 aromatic heterocycles. The van der Waals surface area contributed by atoms with Crippen molar-refractivity contribution >= 4 is 19.8 Å². The summed E-state index contributed by atoms with van der Waals surface area (Å²) in [4.78, 5) is 35.1. The van der Waals surface area contributed by atoms with Crippen LogP contribution in [0.1, 0.15) is 187 Å². The third kappa shape index (κ3) is 45.1. The van der Waals surface area contributed by atoms with Gasteiger partial charge in [0.2, 0.25) is 0 Å². The summed E-state index contributed by atoms with van der Waals surface area (Å²) in [5.74, 6) is -0.810. The minimum Gasteiger partial charge on any atom is -0.462 e. The third-order valence-electron chi connectivity index (χ3n) is 9.81. The summed E-state index contributed by atoms with van der Waals surface area (Å²) in [6, 6.07) is 0. The molecule has 2 atom stereocenters. The normalized spacial score (nSPS) is 14.1. The fraction of sp³-hybridized carbons (Fsp3) is 0.755. The van der Waals surface area contributed by atoms with Gasteiger partial charge in [-0.15, -0.1) is 0 Å². The van der Waals surface area contributed by atoms with Crippen LogP contribution in [0.5, 0.6) is 0 Å². The fourth-order valence-corrected chi connectivity index (χ4v) is 6.90. The van der Waals surface area contributed by atoms with Gasteiger partial charge in [-0.25, -0.2) is 4.57 Å². The van der Waals surface area contributed by atoms with Gasteiger partial charge in [-0.3, -0.25) is 18.6 Å². The van der Waals surface area contributed by atoms with Crippen LogP contribution in [-0.2, 0) is 32.7 Å². The molecule has 0 aliphatic rings. The highest BCUT2D eigenvalue weighted by Crippen LogP contribution is 2.43. The second kappa shape index (κ2) is 41.1. The molecule has 0 radical (unpaired) electrons. The van der Waals surface area contributed by atoms with Gasteiger partial charge >= 0.3 is 19.8 Å². The Morgan fingerprint density at radius 3 is 1.44 bits per heavy atom.